The molecule has 3 nitrogen and oxygen atoms in total. The van der Waals surface area contributed by atoms with E-state index >= 15 is 0 Å². The lowest BCUT2D eigenvalue weighted by molar-refractivity contribution is -0.113. The van der Waals surface area contributed by atoms with Gasteiger partial charge in [-0.25, -0.2) is 0 Å². The Labute approximate surface area is 168 Å². The summed E-state index contributed by atoms with van der Waals surface area (Å²) in [4.78, 5) is 17.0. The molecule has 0 aliphatic heterocycles. The minimum Gasteiger partial charge on any atom is -0.324 e. The van der Waals surface area contributed by atoms with Gasteiger partial charge in [-0.3, -0.25) is 9.78 Å². The summed E-state index contributed by atoms with van der Waals surface area (Å²) in [7, 11) is 0. The van der Waals surface area contributed by atoms with Crippen LogP contribution in [-0.2, 0) is 4.79 Å². The van der Waals surface area contributed by atoms with Crippen molar-refractivity contribution in [1.29, 1.82) is 0 Å². The van der Waals surface area contributed by atoms with E-state index in [-0.39, 0.29) is 11.2 Å². The number of amides is 1. The number of nitrogens with zero attached hydrogens (tertiary/aromatic N) is 1. The van der Waals surface area contributed by atoms with Crippen LogP contribution in [0.4, 0.5) is 5.69 Å². The molecule has 0 radical (unpaired) electrons. The lowest BCUT2D eigenvalue weighted by Crippen LogP contribution is -2.15. The molecule has 28 heavy (non-hydrogen) atoms. The maximum absolute atomic E-state index is 12.6. The quantitative estimate of drug-likeness (QED) is 0.464. The number of hydrogen-bond acceptors (Lipinski definition) is 3. The third-order valence-electron chi connectivity index (χ3n) is 4.46. The second kappa shape index (κ2) is 8.72. The molecule has 4 rings (SSSR count). The van der Waals surface area contributed by atoms with Gasteiger partial charge in [0, 0.05) is 5.39 Å². The van der Waals surface area contributed by atoms with E-state index < -0.39 is 0 Å². The number of benzene rings is 3. The second-order valence-corrected chi connectivity index (χ2v) is 7.57. The molecule has 1 aromatic heterocycles. The normalized spacial score (nSPS) is 10.9. The summed E-state index contributed by atoms with van der Waals surface area (Å²) in [5.41, 5.74) is 4.03. The van der Waals surface area contributed by atoms with Crippen LogP contribution in [0.2, 0.25) is 0 Å². The van der Waals surface area contributed by atoms with Crippen LogP contribution in [0.15, 0.2) is 97.2 Å². The second-order valence-electron chi connectivity index (χ2n) is 6.48. The fourth-order valence-electron chi connectivity index (χ4n) is 3.14. The fourth-order valence-corrected chi connectivity index (χ4v) is 4.23. The standard InChI is InChI=1S/C24H20N2OS/c27-23(26-21-15-20-13-7-8-14-22(20)25-16-21)17-28-24(18-9-3-1-4-10-18)19-11-5-2-6-12-19/h1-16,24H,17H2,(H,26,27). The first-order valence-electron chi connectivity index (χ1n) is 9.16. The molecular weight excluding hydrogens is 364 g/mol. The Kier molecular flexibility index (Phi) is 5.69. The topological polar surface area (TPSA) is 42.0 Å². The number of aromatic nitrogens is 1. The zero-order valence-corrected chi connectivity index (χ0v) is 16.1. The van der Waals surface area contributed by atoms with E-state index in [9.17, 15) is 4.79 Å². The van der Waals surface area contributed by atoms with Crippen LogP contribution < -0.4 is 5.32 Å². The SMILES string of the molecule is O=C(CSC(c1ccccc1)c1ccccc1)Nc1cnc2ccccc2c1. The van der Waals surface area contributed by atoms with Gasteiger partial charge in [-0.2, -0.15) is 0 Å². The number of anilines is 1. The molecule has 0 bridgehead atoms. The molecule has 4 aromatic rings. The van der Waals surface area contributed by atoms with Crippen molar-refractivity contribution in [2.75, 3.05) is 11.1 Å². The number of thioether (sulfide) groups is 1. The van der Waals surface area contributed by atoms with Crippen molar-refractivity contribution in [3.63, 3.8) is 0 Å². The van der Waals surface area contributed by atoms with Crippen LogP contribution >= 0.6 is 11.8 Å². The lowest BCUT2D eigenvalue weighted by atomic mass is 10.0. The van der Waals surface area contributed by atoms with Crippen molar-refractivity contribution < 1.29 is 4.79 Å². The summed E-state index contributed by atoms with van der Waals surface area (Å²) >= 11 is 1.63. The van der Waals surface area contributed by atoms with Crippen LogP contribution in [-0.4, -0.2) is 16.6 Å². The summed E-state index contributed by atoms with van der Waals surface area (Å²) < 4.78 is 0. The Morgan fingerprint density at radius 2 is 1.46 bits per heavy atom. The molecule has 0 aliphatic carbocycles. The highest BCUT2D eigenvalue weighted by Gasteiger charge is 2.16. The van der Waals surface area contributed by atoms with Gasteiger partial charge < -0.3 is 5.32 Å². The number of hydrogen-bond donors (Lipinski definition) is 1. The van der Waals surface area contributed by atoms with E-state index in [1.165, 1.54) is 11.1 Å². The Bertz CT molecular complexity index is 1030. The molecule has 1 amide bonds. The third kappa shape index (κ3) is 4.41. The van der Waals surface area contributed by atoms with E-state index in [4.69, 9.17) is 0 Å². The highest BCUT2D eigenvalue weighted by molar-refractivity contribution is 8.00. The van der Waals surface area contributed by atoms with Gasteiger partial charge in [0.2, 0.25) is 5.91 Å². The van der Waals surface area contributed by atoms with Gasteiger partial charge in [0.05, 0.1) is 28.4 Å². The summed E-state index contributed by atoms with van der Waals surface area (Å²) in [6.45, 7) is 0. The van der Waals surface area contributed by atoms with Gasteiger partial charge in [-0.1, -0.05) is 78.9 Å². The molecule has 0 aliphatic rings. The minimum absolute atomic E-state index is 0.0288. The van der Waals surface area contributed by atoms with Gasteiger partial charge in [0.25, 0.3) is 0 Å². The monoisotopic (exact) mass is 384 g/mol. The maximum Gasteiger partial charge on any atom is 0.234 e. The maximum atomic E-state index is 12.6. The van der Waals surface area contributed by atoms with E-state index in [0.29, 0.717) is 5.75 Å². The summed E-state index contributed by atoms with van der Waals surface area (Å²) in [6, 6.07) is 30.4. The van der Waals surface area contributed by atoms with Crippen LogP contribution in [0.25, 0.3) is 10.9 Å². The van der Waals surface area contributed by atoms with E-state index in [1.807, 2.05) is 66.7 Å². The minimum atomic E-state index is -0.0288. The molecule has 0 unspecified atom stereocenters. The van der Waals surface area contributed by atoms with E-state index in [2.05, 4.69) is 34.6 Å². The number of carbonyl (C=O) groups excluding carboxylic acids is 1. The molecular formula is C24H20N2OS. The van der Waals surface area contributed by atoms with Crippen molar-refractivity contribution in [2.24, 2.45) is 0 Å². The van der Waals surface area contributed by atoms with Crippen LogP contribution in [0.3, 0.4) is 0 Å². The van der Waals surface area contributed by atoms with Crippen LogP contribution in [0, 0.1) is 0 Å². The van der Waals surface area contributed by atoms with Crippen molar-refractivity contribution in [3.8, 4) is 0 Å². The zero-order valence-electron chi connectivity index (χ0n) is 15.3. The fraction of sp³-hybridized carbons (Fsp3) is 0.0833. The van der Waals surface area contributed by atoms with Gasteiger partial charge in [-0.15, -0.1) is 11.8 Å². The summed E-state index contributed by atoms with van der Waals surface area (Å²) in [6.07, 6.45) is 1.71. The molecule has 0 fully saturated rings. The zero-order chi connectivity index (χ0) is 19.2. The molecule has 0 saturated heterocycles. The van der Waals surface area contributed by atoms with Crippen LogP contribution in [0.1, 0.15) is 16.4 Å². The molecule has 138 valence electrons. The third-order valence-corrected chi connectivity index (χ3v) is 5.77. The predicted molar refractivity (Wildman–Crippen MR) is 118 cm³/mol. The highest BCUT2D eigenvalue weighted by Crippen LogP contribution is 2.35. The molecule has 3 aromatic carbocycles. The number of rotatable bonds is 6. The Balaban J connectivity index is 1.46. The molecule has 0 atom stereocenters. The van der Waals surface area contributed by atoms with Crippen molar-refractivity contribution in [1.82, 2.24) is 4.98 Å². The highest BCUT2D eigenvalue weighted by atomic mass is 32.2. The Morgan fingerprint density at radius 3 is 2.14 bits per heavy atom. The average Bonchev–Trinajstić information content (AvgIpc) is 2.75. The molecule has 4 heteroatoms. The number of nitrogens with one attached hydrogen (secondary N) is 1. The first-order valence-corrected chi connectivity index (χ1v) is 10.2. The van der Waals surface area contributed by atoms with Gasteiger partial charge in [0.1, 0.15) is 0 Å². The molecule has 0 spiro atoms. The van der Waals surface area contributed by atoms with Crippen molar-refractivity contribution in [2.45, 2.75) is 5.25 Å². The first kappa shape index (κ1) is 18.3. The molecule has 1 N–H and O–H groups in total. The number of fused-ring (bicyclic) bond motifs is 1. The van der Waals surface area contributed by atoms with Crippen molar-refractivity contribution >= 4 is 34.3 Å². The van der Waals surface area contributed by atoms with Gasteiger partial charge in [0.15, 0.2) is 0 Å². The van der Waals surface area contributed by atoms with E-state index in [1.54, 1.807) is 18.0 Å². The Hall–Kier alpha value is -3.11. The largest absolute Gasteiger partial charge is 0.324 e. The molecule has 1 heterocycles. The van der Waals surface area contributed by atoms with Crippen molar-refractivity contribution in [3.05, 3.63) is 108 Å². The number of pyridine rings is 1. The summed E-state index contributed by atoms with van der Waals surface area (Å²) in [5, 5.41) is 4.10. The molecule has 0 saturated carbocycles. The average molecular weight is 385 g/mol. The predicted octanol–water partition coefficient (Wildman–Crippen LogP) is 5.70. The smallest absolute Gasteiger partial charge is 0.234 e. The van der Waals surface area contributed by atoms with Gasteiger partial charge >= 0.3 is 0 Å². The number of carbonyl (C=O) groups is 1. The lowest BCUT2D eigenvalue weighted by Gasteiger charge is -2.17. The summed E-state index contributed by atoms with van der Waals surface area (Å²) in [5.74, 6) is 0.334. The van der Waals surface area contributed by atoms with Crippen LogP contribution in [0.5, 0.6) is 0 Å². The number of para-hydroxylation sites is 1. The Morgan fingerprint density at radius 1 is 0.857 bits per heavy atom. The van der Waals surface area contributed by atoms with E-state index in [0.717, 1.165) is 16.6 Å². The van der Waals surface area contributed by atoms with Gasteiger partial charge in [-0.05, 0) is 23.3 Å². The first-order chi connectivity index (χ1) is 13.8.